The van der Waals surface area contributed by atoms with Crippen LogP contribution in [0.3, 0.4) is 0 Å². The molecule has 1 saturated carbocycles. The molecule has 80 valence electrons. The normalized spacial score (nSPS) is 15.5. The molecule has 1 aromatic heterocycles. The summed E-state index contributed by atoms with van der Waals surface area (Å²) in [6, 6.07) is 2.00. The highest BCUT2D eigenvalue weighted by atomic mass is 16.1. The number of hydrogen-bond donors (Lipinski definition) is 3. The van der Waals surface area contributed by atoms with E-state index in [-0.39, 0.29) is 5.91 Å². The molecule has 1 amide bonds. The van der Waals surface area contributed by atoms with Crippen LogP contribution in [-0.2, 0) is 0 Å². The van der Waals surface area contributed by atoms with E-state index in [2.05, 4.69) is 15.7 Å². The second-order valence-corrected chi connectivity index (χ2v) is 3.67. The zero-order chi connectivity index (χ0) is 10.7. The van der Waals surface area contributed by atoms with Gasteiger partial charge in [-0.05, 0) is 25.3 Å². The van der Waals surface area contributed by atoms with E-state index in [9.17, 15) is 4.79 Å². The number of nitrogens with two attached hydrogens (primary N) is 1. The minimum absolute atomic E-state index is 0.110. The van der Waals surface area contributed by atoms with E-state index in [0.717, 1.165) is 12.8 Å². The third kappa shape index (κ3) is 2.07. The van der Waals surface area contributed by atoms with E-state index in [1.807, 2.05) is 0 Å². The fraction of sp³-hybridized carbons (Fsp3) is 0.400. The van der Waals surface area contributed by atoms with Crippen molar-refractivity contribution in [2.24, 2.45) is 5.84 Å². The maximum absolute atomic E-state index is 11.8. The van der Waals surface area contributed by atoms with Crippen molar-refractivity contribution < 1.29 is 4.79 Å². The number of anilines is 1. The van der Waals surface area contributed by atoms with Gasteiger partial charge in [0.2, 0.25) is 0 Å². The summed E-state index contributed by atoms with van der Waals surface area (Å²) in [6.45, 7) is 0. The number of amides is 1. The van der Waals surface area contributed by atoms with E-state index >= 15 is 0 Å². The molecule has 0 aliphatic heterocycles. The summed E-state index contributed by atoms with van der Waals surface area (Å²) in [6.07, 6.45) is 6.44. The lowest BCUT2D eigenvalue weighted by molar-refractivity contribution is 0.0917. The van der Waals surface area contributed by atoms with Gasteiger partial charge in [-0.3, -0.25) is 15.6 Å². The summed E-state index contributed by atoms with van der Waals surface area (Å²) in [5.41, 5.74) is 3.58. The Morgan fingerprint density at radius 2 is 2.33 bits per heavy atom. The molecule has 4 N–H and O–H groups in total. The molecule has 0 aromatic carbocycles. The Morgan fingerprint density at radius 1 is 1.53 bits per heavy atom. The third-order valence-corrected chi connectivity index (χ3v) is 2.66. The molecule has 5 heteroatoms. The quantitative estimate of drug-likeness (QED) is 0.501. The summed E-state index contributed by atoms with van der Waals surface area (Å²) in [5, 5.41) is 2.93. The van der Waals surface area contributed by atoms with E-state index < -0.39 is 0 Å². The smallest absolute Gasteiger partial charge is 0.255 e. The summed E-state index contributed by atoms with van der Waals surface area (Å²) in [7, 11) is 0. The highest BCUT2D eigenvalue weighted by molar-refractivity contribution is 5.99. The number of hydrogen-bond acceptors (Lipinski definition) is 4. The van der Waals surface area contributed by atoms with Crippen LogP contribution in [-0.4, -0.2) is 16.9 Å². The Balaban J connectivity index is 2.09. The van der Waals surface area contributed by atoms with Gasteiger partial charge in [0.1, 0.15) is 0 Å². The zero-order valence-electron chi connectivity index (χ0n) is 8.36. The van der Waals surface area contributed by atoms with Gasteiger partial charge in [0.15, 0.2) is 0 Å². The minimum Gasteiger partial charge on any atom is -0.349 e. The number of nitrogens with zero attached hydrogens (tertiary/aromatic N) is 1. The van der Waals surface area contributed by atoms with Crippen LogP contribution >= 0.6 is 0 Å². The predicted molar refractivity (Wildman–Crippen MR) is 57.2 cm³/mol. The standard InChI is InChI=1S/C10H14N4O/c11-14-9-4-5-12-6-8(9)10(15)13-7-2-1-3-7/h4-7H,1-3,11H2,(H,12,14)(H,13,15). The molecule has 2 rings (SSSR count). The predicted octanol–water partition coefficient (Wildman–Crippen LogP) is 0.649. The van der Waals surface area contributed by atoms with E-state index in [4.69, 9.17) is 5.84 Å². The molecular weight excluding hydrogens is 192 g/mol. The number of aromatic nitrogens is 1. The molecule has 1 aromatic rings. The van der Waals surface area contributed by atoms with Crippen LogP contribution in [0.4, 0.5) is 5.69 Å². The Bertz CT molecular complexity index is 362. The van der Waals surface area contributed by atoms with E-state index in [1.165, 1.54) is 12.6 Å². The van der Waals surface area contributed by atoms with Crippen LogP contribution in [0.15, 0.2) is 18.5 Å². The Kier molecular flexibility index (Phi) is 2.82. The van der Waals surface area contributed by atoms with Gasteiger partial charge >= 0.3 is 0 Å². The van der Waals surface area contributed by atoms with E-state index in [0.29, 0.717) is 17.3 Å². The summed E-state index contributed by atoms with van der Waals surface area (Å²) in [5.74, 6) is 5.20. The SMILES string of the molecule is NNc1ccncc1C(=O)NC1CCC1. The number of carbonyl (C=O) groups excluding carboxylic acids is 1. The Labute approximate surface area is 88.0 Å². The van der Waals surface area contributed by atoms with Crippen LogP contribution in [0.2, 0.25) is 0 Å². The van der Waals surface area contributed by atoms with Crippen molar-refractivity contribution in [1.82, 2.24) is 10.3 Å². The maximum Gasteiger partial charge on any atom is 0.255 e. The average molecular weight is 206 g/mol. The lowest BCUT2D eigenvalue weighted by atomic mass is 9.93. The van der Waals surface area contributed by atoms with Crippen molar-refractivity contribution in [3.05, 3.63) is 24.0 Å². The zero-order valence-corrected chi connectivity index (χ0v) is 8.36. The van der Waals surface area contributed by atoms with Crippen molar-refractivity contribution in [2.75, 3.05) is 5.43 Å². The van der Waals surface area contributed by atoms with E-state index in [1.54, 1.807) is 12.3 Å². The van der Waals surface area contributed by atoms with Gasteiger partial charge in [-0.1, -0.05) is 0 Å². The fourth-order valence-electron chi connectivity index (χ4n) is 1.52. The molecule has 0 spiro atoms. The van der Waals surface area contributed by atoms with Crippen molar-refractivity contribution in [3.63, 3.8) is 0 Å². The number of nitrogen functional groups attached to an aromatic ring is 1. The first kappa shape index (κ1) is 9.92. The summed E-state index contributed by atoms with van der Waals surface area (Å²) < 4.78 is 0. The number of carbonyl (C=O) groups is 1. The lowest BCUT2D eigenvalue weighted by Gasteiger charge is -2.26. The van der Waals surface area contributed by atoms with Crippen molar-refractivity contribution in [1.29, 1.82) is 0 Å². The molecule has 1 aliphatic carbocycles. The number of rotatable bonds is 3. The summed E-state index contributed by atoms with van der Waals surface area (Å²) in [4.78, 5) is 15.7. The molecule has 1 aliphatic rings. The van der Waals surface area contributed by atoms with Gasteiger partial charge in [-0.25, -0.2) is 0 Å². The third-order valence-electron chi connectivity index (χ3n) is 2.66. The van der Waals surface area contributed by atoms with Gasteiger partial charge in [0, 0.05) is 18.4 Å². The van der Waals surface area contributed by atoms with Crippen LogP contribution in [0.25, 0.3) is 0 Å². The van der Waals surface area contributed by atoms with Gasteiger partial charge < -0.3 is 10.7 Å². The first-order chi connectivity index (χ1) is 7.31. The molecule has 0 bridgehead atoms. The molecule has 0 radical (unpaired) electrons. The molecule has 0 saturated heterocycles. The molecular formula is C10H14N4O. The fourth-order valence-corrected chi connectivity index (χ4v) is 1.52. The molecule has 15 heavy (non-hydrogen) atoms. The second kappa shape index (κ2) is 4.27. The van der Waals surface area contributed by atoms with Gasteiger partial charge in [0.05, 0.1) is 11.3 Å². The first-order valence-electron chi connectivity index (χ1n) is 5.03. The number of nitrogens with one attached hydrogen (secondary N) is 2. The topological polar surface area (TPSA) is 80.0 Å². The second-order valence-electron chi connectivity index (χ2n) is 3.67. The first-order valence-corrected chi connectivity index (χ1v) is 5.03. The highest BCUT2D eigenvalue weighted by Crippen LogP contribution is 2.19. The van der Waals surface area contributed by atoms with Crippen LogP contribution in [0.5, 0.6) is 0 Å². The van der Waals surface area contributed by atoms with Crippen LogP contribution in [0, 0.1) is 0 Å². The Morgan fingerprint density at radius 3 is 2.93 bits per heavy atom. The Hall–Kier alpha value is -1.62. The summed E-state index contributed by atoms with van der Waals surface area (Å²) >= 11 is 0. The number of pyridine rings is 1. The van der Waals surface area contributed by atoms with Gasteiger partial charge in [-0.2, -0.15) is 0 Å². The van der Waals surface area contributed by atoms with Gasteiger partial charge in [0.25, 0.3) is 5.91 Å². The number of hydrazine groups is 1. The molecule has 1 fully saturated rings. The average Bonchev–Trinajstić information content (AvgIpc) is 2.23. The molecule has 0 atom stereocenters. The minimum atomic E-state index is -0.110. The molecule has 5 nitrogen and oxygen atoms in total. The molecule has 1 heterocycles. The monoisotopic (exact) mass is 206 g/mol. The van der Waals surface area contributed by atoms with Crippen LogP contribution in [0.1, 0.15) is 29.6 Å². The van der Waals surface area contributed by atoms with Crippen molar-refractivity contribution >= 4 is 11.6 Å². The van der Waals surface area contributed by atoms with Crippen LogP contribution < -0.4 is 16.6 Å². The lowest BCUT2D eigenvalue weighted by Crippen LogP contribution is -2.39. The molecule has 0 unspecified atom stereocenters. The van der Waals surface area contributed by atoms with Gasteiger partial charge in [-0.15, -0.1) is 0 Å². The van der Waals surface area contributed by atoms with Crippen molar-refractivity contribution in [2.45, 2.75) is 25.3 Å². The maximum atomic E-state index is 11.8. The largest absolute Gasteiger partial charge is 0.349 e. The highest BCUT2D eigenvalue weighted by Gasteiger charge is 2.21. The van der Waals surface area contributed by atoms with Crippen molar-refractivity contribution in [3.8, 4) is 0 Å².